The van der Waals surface area contributed by atoms with E-state index in [4.69, 9.17) is 16.1 Å². The van der Waals surface area contributed by atoms with E-state index in [-0.39, 0.29) is 4.90 Å². The number of carbonyl (C=O) groups is 1. The predicted molar refractivity (Wildman–Crippen MR) is 150 cm³/mol. The molecular weight excluding hydrogens is 585 g/mol. The Labute approximate surface area is 226 Å². The van der Waals surface area contributed by atoms with Crippen LogP contribution in [-0.4, -0.2) is 32.1 Å². The van der Waals surface area contributed by atoms with Gasteiger partial charge in [-0.25, -0.2) is 12.4 Å². The molecule has 36 heavy (non-hydrogen) atoms. The minimum atomic E-state index is -3.81. The van der Waals surface area contributed by atoms with Crippen molar-refractivity contribution in [3.8, 4) is 0 Å². The highest BCUT2D eigenvalue weighted by Gasteiger charge is 2.30. The molecule has 0 bridgehead atoms. The second-order valence-corrected chi connectivity index (χ2v) is 12.4. The van der Waals surface area contributed by atoms with E-state index in [1.165, 1.54) is 3.97 Å². The van der Waals surface area contributed by atoms with E-state index in [0.717, 1.165) is 20.5 Å². The molecule has 0 aliphatic heterocycles. The van der Waals surface area contributed by atoms with Crippen LogP contribution in [0.2, 0.25) is 5.02 Å². The molecule has 1 atom stereocenters. The Hall–Kier alpha value is -2.22. The Morgan fingerprint density at radius 1 is 1.00 bits per heavy atom. The third-order valence-corrected chi connectivity index (χ3v) is 9.88. The Kier molecular flexibility index (Phi) is 10.1. The highest BCUT2D eigenvalue weighted by Crippen LogP contribution is 2.42. The van der Waals surface area contributed by atoms with Gasteiger partial charge in [-0.3, -0.25) is 4.79 Å². The second kappa shape index (κ2) is 12.8. The van der Waals surface area contributed by atoms with Crippen molar-refractivity contribution < 1.29 is 22.5 Å². The van der Waals surface area contributed by atoms with E-state index in [1.54, 1.807) is 49.4 Å². The van der Waals surface area contributed by atoms with Gasteiger partial charge in [0.25, 0.3) is 16.5 Å². The molecule has 0 spiro atoms. The number of hydrogen-bond acceptors (Lipinski definition) is 5. The van der Waals surface area contributed by atoms with Gasteiger partial charge in [-0.2, -0.15) is 0 Å². The fourth-order valence-electron chi connectivity index (χ4n) is 3.68. The molecule has 0 aliphatic rings. The zero-order valence-electron chi connectivity index (χ0n) is 20.0. The Morgan fingerprint density at radius 2 is 1.72 bits per heavy atom. The van der Waals surface area contributed by atoms with Crippen molar-refractivity contribution in [2.75, 3.05) is 13.2 Å². The minimum Gasteiger partial charge on any atom is -0.468 e. The molecule has 190 valence electrons. The predicted octanol–water partition coefficient (Wildman–Crippen LogP) is 6.17. The van der Waals surface area contributed by atoms with Crippen molar-refractivity contribution in [3.63, 3.8) is 0 Å². The summed E-state index contributed by atoms with van der Waals surface area (Å²) in [5.74, 6) is 0. The van der Waals surface area contributed by atoms with E-state index < -0.39 is 18.2 Å². The number of hydrogen-bond donors (Lipinski definition) is 0. The molecule has 0 fully saturated rings. The van der Waals surface area contributed by atoms with Crippen molar-refractivity contribution in [2.45, 2.75) is 25.7 Å². The number of carbonyl (C=O) groups excluding carboxylic acids is 1. The lowest BCUT2D eigenvalue weighted by Crippen LogP contribution is -2.20. The topological polar surface area (TPSA) is 74.6 Å². The van der Waals surface area contributed by atoms with Crippen LogP contribution in [0.1, 0.15) is 19.5 Å². The third kappa shape index (κ3) is 6.18. The zero-order valence-corrected chi connectivity index (χ0v) is 24.1. The van der Waals surface area contributed by atoms with E-state index in [1.807, 2.05) is 44.2 Å². The van der Waals surface area contributed by atoms with Crippen molar-refractivity contribution in [1.82, 2.24) is 3.97 Å². The van der Waals surface area contributed by atoms with Crippen LogP contribution in [0.5, 0.6) is 0 Å². The van der Waals surface area contributed by atoms with E-state index >= 15 is 0 Å². The number of halogens is 2. The van der Waals surface area contributed by atoms with Crippen LogP contribution in [0.4, 0.5) is 0 Å². The van der Waals surface area contributed by atoms with Crippen LogP contribution in [-0.2, 0) is 24.1 Å². The molecule has 4 rings (SSSR count). The number of benzene rings is 3. The van der Waals surface area contributed by atoms with Crippen LogP contribution < -0.4 is 10.6 Å². The van der Waals surface area contributed by atoms with Gasteiger partial charge in [-0.1, -0.05) is 57.9 Å². The lowest BCUT2D eigenvalue weighted by atomic mass is 10.2. The average molecular weight is 611 g/mol. The van der Waals surface area contributed by atoms with Crippen molar-refractivity contribution in [2.24, 2.45) is 0 Å². The smallest absolute Gasteiger partial charge is 0.293 e. The molecule has 1 unspecified atom stereocenters. The highest BCUT2D eigenvalue weighted by atomic mass is 79.9. The molecule has 1 aromatic heterocycles. The lowest BCUT2D eigenvalue weighted by Gasteiger charge is -2.19. The molecule has 10 heteroatoms. The fraction of sp³-hybridized carbons (Fsp3) is 0.192. The first kappa shape index (κ1) is 28.4. The summed E-state index contributed by atoms with van der Waals surface area (Å²) in [4.78, 5) is 9.42. The van der Waals surface area contributed by atoms with Crippen LogP contribution in [0, 0.1) is 6.92 Å². The minimum absolute atomic E-state index is 0.236. The summed E-state index contributed by atoms with van der Waals surface area (Å²) >= 11 is 9.87. The van der Waals surface area contributed by atoms with Crippen molar-refractivity contribution in [3.05, 3.63) is 88.0 Å². The number of ether oxygens (including phenoxy) is 1. The van der Waals surface area contributed by atoms with Gasteiger partial charge in [0.2, 0.25) is 0 Å². The molecule has 0 saturated carbocycles. The summed E-state index contributed by atoms with van der Waals surface area (Å²) in [5, 5.41) is 3.17. The van der Waals surface area contributed by atoms with Gasteiger partial charge in [-0.15, -0.1) is 0 Å². The van der Waals surface area contributed by atoms with Gasteiger partial charge in [0.15, 0.2) is 0 Å². The van der Waals surface area contributed by atoms with Gasteiger partial charge < -0.3 is 9.26 Å². The molecule has 6 nitrogen and oxygen atoms in total. The van der Waals surface area contributed by atoms with Crippen molar-refractivity contribution >= 4 is 73.7 Å². The summed E-state index contributed by atoms with van der Waals surface area (Å²) in [5.41, 5.74) is 1.21. The van der Waals surface area contributed by atoms with Gasteiger partial charge in [-0.05, 0) is 63.2 Å². The van der Waals surface area contributed by atoms with Gasteiger partial charge in [0.05, 0.1) is 25.2 Å². The van der Waals surface area contributed by atoms with Crippen LogP contribution >= 0.6 is 35.7 Å². The molecule has 4 aromatic rings. The number of rotatable bonds is 8. The molecule has 0 amide bonds. The second-order valence-electron chi connectivity index (χ2n) is 7.42. The SMILES string of the molecule is CCOC=O.CCOP(c1cccc(Br)c1)c1c(C)n(S(=O)(=O)c2ccccc2)c2ccc(Cl)cc12. The van der Waals surface area contributed by atoms with Gasteiger partial charge in [0.1, 0.15) is 0 Å². The molecule has 1 heterocycles. The van der Waals surface area contributed by atoms with E-state index in [2.05, 4.69) is 20.7 Å². The fourth-order valence-corrected chi connectivity index (χ4v) is 8.14. The monoisotopic (exact) mass is 609 g/mol. The summed E-state index contributed by atoms with van der Waals surface area (Å²) in [7, 11) is -5.08. The summed E-state index contributed by atoms with van der Waals surface area (Å²) in [6.45, 7) is 6.93. The lowest BCUT2D eigenvalue weighted by molar-refractivity contribution is -0.128. The quantitative estimate of drug-likeness (QED) is 0.176. The maximum absolute atomic E-state index is 13.6. The molecule has 0 N–H and O–H groups in total. The number of fused-ring (bicyclic) bond motifs is 1. The molecule has 0 saturated heterocycles. The third-order valence-electron chi connectivity index (χ3n) is 5.10. The summed E-state index contributed by atoms with van der Waals surface area (Å²) in [6, 6.07) is 21.7. The van der Waals surface area contributed by atoms with Crippen LogP contribution in [0.15, 0.2) is 82.2 Å². The standard InChI is InChI=1S/C23H20BrClNO3PS.C3H6O2/c1-3-29-30(19-9-7-8-17(24)14-19)23-16(2)26(22-13-12-18(25)15-21(22)23)31(27,28)20-10-5-4-6-11-20;1-2-5-3-4/h4-15H,3H2,1-2H3;3H,2H2,1H3. The Morgan fingerprint density at radius 3 is 2.31 bits per heavy atom. The first-order valence-electron chi connectivity index (χ1n) is 11.1. The average Bonchev–Trinajstić information content (AvgIpc) is 3.15. The first-order chi connectivity index (χ1) is 17.3. The van der Waals surface area contributed by atoms with Gasteiger partial charge >= 0.3 is 0 Å². The first-order valence-corrected chi connectivity index (χ1v) is 15.0. The van der Waals surface area contributed by atoms with E-state index in [0.29, 0.717) is 35.9 Å². The van der Waals surface area contributed by atoms with E-state index in [9.17, 15) is 13.2 Å². The number of nitrogens with zero attached hydrogens (tertiary/aromatic N) is 1. The maximum Gasteiger partial charge on any atom is 0.293 e. The van der Waals surface area contributed by atoms with Crippen LogP contribution in [0.3, 0.4) is 0 Å². The molecular formula is C26H26BrClNO5PS. The summed E-state index contributed by atoms with van der Waals surface area (Å²) in [6.07, 6.45) is 0. The maximum atomic E-state index is 13.6. The molecule has 0 radical (unpaired) electrons. The molecule has 3 aromatic carbocycles. The molecule has 0 aliphatic carbocycles. The summed E-state index contributed by atoms with van der Waals surface area (Å²) < 4.78 is 40.0. The normalized spacial score (nSPS) is 12.0. The van der Waals surface area contributed by atoms with Crippen molar-refractivity contribution in [1.29, 1.82) is 0 Å². The van der Waals surface area contributed by atoms with Gasteiger partial charge in [0, 0.05) is 37.8 Å². The van der Waals surface area contributed by atoms with Crippen LogP contribution in [0.25, 0.3) is 10.9 Å². The number of aromatic nitrogens is 1. The Bertz CT molecular complexity index is 1440. The highest BCUT2D eigenvalue weighted by molar-refractivity contribution is 9.10. The largest absolute Gasteiger partial charge is 0.468 e. The zero-order chi connectivity index (χ0) is 26.3. The Balaban J connectivity index is 0.000000658.